The number of anilines is 2. The molecule has 0 radical (unpaired) electrons. The van der Waals surface area contributed by atoms with Crippen molar-refractivity contribution in [3.8, 4) is 21.9 Å². The van der Waals surface area contributed by atoms with Crippen molar-refractivity contribution in [2.75, 3.05) is 51.3 Å². The van der Waals surface area contributed by atoms with Gasteiger partial charge in [-0.25, -0.2) is 13.3 Å². The van der Waals surface area contributed by atoms with Gasteiger partial charge in [-0.05, 0) is 105 Å². The maximum atomic E-state index is 14.0. The standard InChI is InChI=1S/C45H44ClN5O8S2.C5H10O.C2H6.CH3NO.2CH4O/c1-45(2)21-29(48-28-7-4-6-27(19-28)43-41(46)42(57-17-16-52)38(23-53)60-43)14-15-51(45)61(55,56)24-26-10-13-36(35(18-26)47-3)58-25-50-22-37-33(20-39(50)59-37)30-11-12-34-40-31(30)8-5-9-32(40)44(54)49-34;1-2-3-4-5-6;1-2;2-1-3;2*1-2/h4-13,16,18-19,23,29,33,37,39,48H,3,14-15,17,20-22,24-25H2,1-2H3,(H,49,54);5H,2-4H2,1H3;1-2H3;1H,(H2,2,3);2*2H,1H3. The maximum Gasteiger partial charge on any atom is 0.256 e. The van der Waals surface area contributed by atoms with Gasteiger partial charge in [0, 0.05) is 73.6 Å². The molecule has 3 fully saturated rings. The third-order valence-electron chi connectivity index (χ3n) is 12.8. The molecule has 2 bridgehead atoms. The molecular formula is C55H71ClN6O12S2. The van der Waals surface area contributed by atoms with Crippen LogP contribution >= 0.6 is 22.9 Å². The number of amides is 2. The molecule has 18 nitrogen and oxygen atoms in total. The first-order valence-electron chi connectivity index (χ1n) is 24.9. The highest BCUT2D eigenvalue weighted by Gasteiger charge is 2.47. The number of halogens is 1. The number of aldehydes is 3. The number of aliphatic hydroxyl groups is 2. The van der Waals surface area contributed by atoms with Crippen LogP contribution in [0.3, 0.4) is 0 Å². The van der Waals surface area contributed by atoms with E-state index >= 15 is 0 Å². The van der Waals surface area contributed by atoms with E-state index in [2.05, 4.69) is 52.0 Å². The number of primary amides is 1. The van der Waals surface area contributed by atoms with E-state index in [4.69, 9.17) is 40.8 Å². The average Bonchev–Trinajstić information content (AvgIpc) is 4.20. The number of carbonyl (C=O) groups is 5. The fraction of sp³-hybridized carbons (Fsp3) is 0.418. The molecule has 4 atom stereocenters. The monoisotopic (exact) mass is 1110 g/mol. The number of ether oxygens (including phenoxy) is 3. The summed E-state index contributed by atoms with van der Waals surface area (Å²) in [4.78, 5) is 60.5. The minimum atomic E-state index is -3.73. The number of aliphatic imine (C=N–C) groups is 1. The van der Waals surface area contributed by atoms with Gasteiger partial charge in [0.15, 0.2) is 18.3 Å². The Labute approximate surface area is 454 Å². The first kappa shape index (κ1) is 62.4. The molecule has 4 unspecified atom stereocenters. The smallest absolute Gasteiger partial charge is 0.256 e. The lowest BCUT2D eigenvalue weighted by atomic mass is 9.85. The van der Waals surface area contributed by atoms with Crippen LogP contribution in [0.1, 0.15) is 110 Å². The second-order valence-electron chi connectivity index (χ2n) is 17.9. The summed E-state index contributed by atoms with van der Waals surface area (Å²) in [6.07, 6.45) is 7.18. The van der Waals surface area contributed by atoms with Gasteiger partial charge < -0.3 is 45.6 Å². The number of nitrogens with zero attached hydrogens (tertiary/aromatic N) is 3. The number of unbranched alkanes of at least 4 members (excludes halogenated alkanes) is 2. The molecule has 76 heavy (non-hydrogen) atoms. The highest BCUT2D eigenvalue weighted by atomic mass is 35.5. The number of carbonyl (C=O) groups excluding carboxylic acids is 5. The first-order chi connectivity index (χ1) is 36.7. The van der Waals surface area contributed by atoms with E-state index in [1.807, 2.05) is 70.2 Å². The molecule has 412 valence electrons. The van der Waals surface area contributed by atoms with Gasteiger partial charge in [0.2, 0.25) is 16.4 Å². The van der Waals surface area contributed by atoms with Crippen molar-refractivity contribution < 1.29 is 56.8 Å². The Bertz CT molecular complexity index is 2880. The third-order valence-corrected chi connectivity index (χ3v) is 16.5. The molecule has 3 saturated heterocycles. The van der Waals surface area contributed by atoms with Crippen LogP contribution in [0.2, 0.25) is 5.02 Å². The number of rotatable bonds is 18. The molecule has 4 aromatic carbocycles. The van der Waals surface area contributed by atoms with Gasteiger partial charge in [0.1, 0.15) is 47.2 Å². The second kappa shape index (κ2) is 30.0. The van der Waals surface area contributed by atoms with E-state index in [0.29, 0.717) is 70.8 Å². The molecule has 1 aromatic heterocycles. The number of nitrogens with two attached hydrogens (primary N) is 1. The molecule has 4 aliphatic heterocycles. The maximum absolute atomic E-state index is 14.0. The number of hydrogen-bond acceptors (Lipinski definition) is 16. The van der Waals surface area contributed by atoms with Crippen LogP contribution in [-0.2, 0) is 34.9 Å². The number of likely N-dealkylation sites (tertiary alicyclic amines) is 1. The van der Waals surface area contributed by atoms with E-state index < -0.39 is 15.6 Å². The minimum absolute atomic E-state index is 0.0126. The lowest BCUT2D eigenvalue weighted by Gasteiger charge is -2.45. The van der Waals surface area contributed by atoms with E-state index in [1.165, 1.54) is 16.9 Å². The van der Waals surface area contributed by atoms with E-state index in [0.717, 1.165) is 73.9 Å². The lowest BCUT2D eigenvalue weighted by molar-refractivity contribution is -0.109. The van der Waals surface area contributed by atoms with E-state index in [1.54, 1.807) is 22.5 Å². The SMILES string of the molecule is C=Nc1cc(CS(=O)(=O)N2CCC(Nc3cccc(-c4sc(C=O)c(OCC=O)c4Cl)c3)CC2(C)C)ccc1OCN1CC2OC1CC2c1ccc2c3c(cccc13)C(=O)N2.CC.CCCCC=O.CO.CO.NC=O. The molecule has 2 amide bonds. The number of piperidine rings is 2. The summed E-state index contributed by atoms with van der Waals surface area (Å²) in [7, 11) is -1.73. The van der Waals surface area contributed by atoms with Crippen LogP contribution in [0, 0.1) is 0 Å². The molecule has 4 aliphatic rings. The van der Waals surface area contributed by atoms with Gasteiger partial charge in [0.25, 0.3) is 5.91 Å². The number of nitrogens with one attached hydrogen (secondary N) is 2. The summed E-state index contributed by atoms with van der Waals surface area (Å²) >= 11 is 7.78. The van der Waals surface area contributed by atoms with Gasteiger partial charge in [-0.2, -0.15) is 4.31 Å². The third kappa shape index (κ3) is 14.9. The number of benzene rings is 4. The normalized spacial score (nSPS) is 18.7. The van der Waals surface area contributed by atoms with Crippen LogP contribution < -0.4 is 25.8 Å². The van der Waals surface area contributed by atoms with Gasteiger partial charge in [-0.3, -0.25) is 24.2 Å². The van der Waals surface area contributed by atoms with E-state index in [9.17, 15) is 27.6 Å². The second-order valence-corrected chi connectivity index (χ2v) is 21.2. The van der Waals surface area contributed by atoms with Crippen molar-refractivity contribution >= 4 is 98.7 Å². The van der Waals surface area contributed by atoms with Crippen LogP contribution in [0.4, 0.5) is 17.1 Å². The van der Waals surface area contributed by atoms with Crippen molar-refractivity contribution in [3.63, 3.8) is 0 Å². The van der Waals surface area contributed by atoms with Crippen LogP contribution in [0.25, 0.3) is 21.2 Å². The number of thiophene rings is 1. The van der Waals surface area contributed by atoms with Crippen LogP contribution in [0.15, 0.2) is 77.8 Å². The highest BCUT2D eigenvalue weighted by molar-refractivity contribution is 7.88. The Morgan fingerprint density at radius 3 is 2.36 bits per heavy atom. The molecule has 21 heteroatoms. The average molecular weight is 1110 g/mol. The fourth-order valence-corrected chi connectivity index (χ4v) is 13.1. The minimum Gasteiger partial charge on any atom is -0.483 e. The Morgan fingerprint density at radius 2 is 1.74 bits per heavy atom. The van der Waals surface area contributed by atoms with Crippen molar-refractivity contribution in [2.24, 2.45) is 10.7 Å². The largest absolute Gasteiger partial charge is 0.483 e. The highest BCUT2D eigenvalue weighted by Crippen LogP contribution is 2.48. The Kier molecular flexibility index (Phi) is 24.6. The van der Waals surface area contributed by atoms with Crippen molar-refractivity contribution in [1.29, 1.82) is 0 Å². The summed E-state index contributed by atoms with van der Waals surface area (Å²) in [6.45, 7) is 14.8. The molecule has 6 N–H and O–H groups in total. The summed E-state index contributed by atoms with van der Waals surface area (Å²) < 4.78 is 47.7. The summed E-state index contributed by atoms with van der Waals surface area (Å²) in [5.41, 5.74) is 8.89. The van der Waals surface area contributed by atoms with Gasteiger partial charge in [-0.15, -0.1) is 11.3 Å². The number of hydrogen-bond donors (Lipinski definition) is 5. The predicted molar refractivity (Wildman–Crippen MR) is 301 cm³/mol. The lowest BCUT2D eigenvalue weighted by Crippen LogP contribution is -2.55. The van der Waals surface area contributed by atoms with Crippen molar-refractivity contribution in [2.45, 2.75) is 109 Å². The Morgan fingerprint density at radius 1 is 1.01 bits per heavy atom. The number of fused-ring (bicyclic) bond motifs is 2. The van der Waals surface area contributed by atoms with Crippen molar-refractivity contribution in [3.05, 3.63) is 99.4 Å². The molecule has 0 saturated carbocycles. The number of aliphatic hydroxyl groups excluding tert-OH is 2. The van der Waals surface area contributed by atoms with Gasteiger partial charge in [-0.1, -0.05) is 75.2 Å². The zero-order valence-electron chi connectivity index (χ0n) is 44.1. The van der Waals surface area contributed by atoms with Crippen molar-refractivity contribution in [1.82, 2.24) is 9.21 Å². The van der Waals surface area contributed by atoms with Gasteiger partial charge >= 0.3 is 0 Å². The topological polar surface area (TPSA) is 257 Å². The molecule has 0 aliphatic carbocycles. The molecule has 9 rings (SSSR count). The molecule has 5 aromatic rings. The summed E-state index contributed by atoms with van der Waals surface area (Å²) in [5, 5.41) is 22.9. The number of sulfonamides is 1. The molecule has 5 heterocycles. The van der Waals surface area contributed by atoms with Crippen LogP contribution in [0.5, 0.6) is 11.5 Å². The fourth-order valence-electron chi connectivity index (χ4n) is 9.74. The Balaban J connectivity index is 0.000000749. The zero-order chi connectivity index (χ0) is 56.2. The molecule has 0 spiro atoms. The first-order valence-corrected chi connectivity index (χ1v) is 27.7. The van der Waals surface area contributed by atoms with Crippen LogP contribution in [-0.4, -0.2) is 130 Å². The quantitative estimate of drug-likeness (QED) is 0.0312. The van der Waals surface area contributed by atoms with Gasteiger partial charge in [0.05, 0.1) is 16.7 Å². The summed E-state index contributed by atoms with van der Waals surface area (Å²) in [5.74, 6) is 0.628. The van der Waals surface area contributed by atoms with E-state index in [-0.39, 0.29) is 66.5 Å². The zero-order valence-corrected chi connectivity index (χ0v) is 46.5. The Hall–Kier alpha value is -6.10. The molecular weight excluding hydrogens is 1040 g/mol. The predicted octanol–water partition coefficient (Wildman–Crippen LogP) is 8.97. The summed E-state index contributed by atoms with van der Waals surface area (Å²) in [6, 6.07) is 22.8.